The first-order valence-corrected chi connectivity index (χ1v) is 15.0. The summed E-state index contributed by atoms with van der Waals surface area (Å²) in [5.74, 6) is 1.37. The zero-order chi connectivity index (χ0) is 26.1. The van der Waals surface area contributed by atoms with E-state index >= 15 is 0 Å². The van der Waals surface area contributed by atoms with Crippen molar-refractivity contribution in [1.82, 2.24) is 29.6 Å². The predicted octanol–water partition coefficient (Wildman–Crippen LogP) is 5.49. The Labute approximate surface area is 227 Å². The van der Waals surface area contributed by atoms with Crippen LogP contribution in [0.5, 0.6) is 0 Å². The summed E-state index contributed by atoms with van der Waals surface area (Å²) in [7, 11) is 0. The van der Waals surface area contributed by atoms with Gasteiger partial charge in [0.2, 0.25) is 5.95 Å². The molecule has 9 nitrogen and oxygen atoms in total. The van der Waals surface area contributed by atoms with Crippen molar-refractivity contribution in [3.8, 4) is 0 Å². The quantitative estimate of drug-likeness (QED) is 0.405. The Balaban J connectivity index is 1.14. The van der Waals surface area contributed by atoms with Crippen LogP contribution in [0.25, 0.3) is 10.3 Å². The highest BCUT2D eigenvalue weighted by Crippen LogP contribution is 2.34. The van der Waals surface area contributed by atoms with Crippen molar-refractivity contribution in [1.29, 1.82) is 0 Å². The summed E-state index contributed by atoms with van der Waals surface area (Å²) in [4.78, 5) is 17.9. The summed E-state index contributed by atoms with van der Waals surface area (Å²) in [6.07, 6.45) is 12.4. The van der Waals surface area contributed by atoms with Crippen LogP contribution in [0.1, 0.15) is 76.3 Å². The average Bonchev–Trinajstić information content (AvgIpc) is 3.57. The molecule has 0 bridgehead atoms. The molecule has 1 saturated carbocycles. The van der Waals surface area contributed by atoms with Crippen LogP contribution < -0.4 is 10.6 Å². The fraction of sp³-hybridized carbons (Fsp3) is 0.704. The molecule has 0 spiro atoms. The highest BCUT2D eigenvalue weighted by atomic mass is 32.1. The maximum absolute atomic E-state index is 14.3. The van der Waals surface area contributed by atoms with Crippen molar-refractivity contribution < 1.29 is 9.13 Å². The lowest BCUT2D eigenvalue weighted by Gasteiger charge is -2.42. The fourth-order valence-electron chi connectivity index (χ4n) is 5.99. The predicted molar refractivity (Wildman–Crippen MR) is 149 cm³/mol. The third-order valence-electron chi connectivity index (χ3n) is 8.42. The van der Waals surface area contributed by atoms with Gasteiger partial charge in [-0.05, 0) is 64.7 Å². The van der Waals surface area contributed by atoms with Crippen molar-refractivity contribution in [3.05, 3.63) is 17.4 Å². The summed E-state index contributed by atoms with van der Waals surface area (Å²) in [6, 6.07) is 1.27. The lowest BCUT2D eigenvalue weighted by molar-refractivity contribution is 0.0401. The van der Waals surface area contributed by atoms with Crippen LogP contribution >= 0.6 is 11.3 Å². The van der Waals surface area contributed by atoms with Gasteiger partial charge in [-0.3, -0.25) is 4.68 Å². The van der Waals surface area contributed by atoms with E-state index in [1.165, 1.54) is 0 Å². The molecule has 6 rings (SSSR count). The van der Waals surface area contributed by atoms with Gasteiger partial charge in [0, 0.05) is 44.6 Å². The number of anilines is 3. The number of rotatable bonds is 7. The normalized spacial score (nSPS) is 25.0. The standard InChI is InChI=1S/C27H39FN8OS/c1-3-22-32-23-24(30-18-4-6-20(7-5-18)35-12-10-27(2,28)11-13-35)33-26(34-25(23)38-22)31-19-16-29-36(17-19)21-8-14-37-15-9-21/h16-18,20-21H,3-15H2,1-2H3,(H2,30,31,33,34). The molecule has 3 aromatic heterocycles. The Morgan fingerprint density at radius 2 is 1.82 bits per heavy atom. The summed E-state index contributed by atoms with van der Waals surface area (Å²) < 4.78 is 21.8. The number of thiazole rings is 1. The topological polar surface area (TPSA) is 93.0 Å². The maximum atomic E-state index is 14.3. The Bertz CT molecular complexity index is 1220. The van der Waals surface area contributed by atoms with E-state index in [0.717, 1.165) is 98.1 Å². The third kappa shape index (κ3) is 5.79. The van der Waals surface area contributed by atoms with Crippen molar-refractivity contribution in [2.24, 2.45) is 0 Å². The van der Waals surface area contributed by atoms with E-state index in [1.54, 1.807) is 18.3 Å². The lowest BCUT2D eigenvalue weighted by Crippen LogP contribution is -2.47. The van der Waals surface area contributed by atoms with Gasteiger partial charge >= 0.3 is 0 Å². The minimum atomic E-state index is -0.992. The van der Waals surface area contributed by atoms with Crippen molar-refractivity contribution in [2.75, 3.05) is 36.9 Å². The first-order valence-electron chi connectivity index (χ1n) is 14.2. The number of piperidine rings is 1. The second kappa shape index (κ2) is 11.0. The molecule has 3 aromatic rings. The fourth-order valence-corrected chi connectivity index (χ4v) is 6.86. The number of likely N-dealkylation sites (tertiary alicyclic amines) is 1. The molecule has 1 aliphatic carbocycles. The van der Waals surface area contributed by atoms with Crippen molar-refractivity contribution in [3.63, 3.8) is 0 Å². The molecule has 0 radical (unpaired) electrons. The molecule has 38 heavy (non-hydrogen) atoms. The van der Waals surface area contributed by atoms with Crippen LogP contribution in [0.2, 0.25) is 0 Å². The van der Waals surface area contributed by atoms with Gasteiger partial charge in [0.15, 0.2) is 10.6 Å². The number of halogens is 1. The van der Waals surface area contributed by atoms with Gasteiger partial charge in [0.05, 0.1) is 22.9 Å². The molecule has 5 heterocycles. The zero-order valence-electron chi connectivity index (χ0n) is 22.5. The SMILES string of the molecule is CCc1nc2c(NC3CCC(N4CCC(C)(F)CC4)CC3)nc(Nc3cnn(C4CCOCC4)c3)nc2s1. The van der Waals surface area contributed by atoms with Crippen LogP contribution in [-0.2, 0) is 11.2 Å². The van der Waals surface area contributed by atoms with Gasteiger partial charge < -0.3 is 20.3 Å². The van der Waals surface area contributed by atoms with Gasteiger partial charge in [-0.25, -0.2) is 9.37 Å². The molecular weight excluding hydrogens is 503 g/mol. The lowest BCUT2D eigenvalue weighted by atomic mass is 9.87. The molecule has 0 unspecified atom stereocenters. The van der Waals surface area contributed by atoms with Gasteiger partial charge in [-0.2, -0.15) is 15.1 Å². The maximum Gasteiger partial charge on any atom is 0.230 e. The van der Waals surface area contributed by atoms with E-state index in [4.69, 9.17) is 19.7 Å². The van der Waals surface area contributed by atoms with Crippen LogP contribution in [0, 0.1) is 0 Å². The Kier molecular flexibility index (Phi) is 7.50. The van der Waals surface area contributed by atoms with E-state index in [0.29, 0.717) is 36.9 Å². The number of fused-ring (bicyclic) bond motifs is 1. The van der Waals surface area contributed by atoms with E-state index in [1.807, 2.05) is 17.1 Å². The highest BCUT2D eigenvalue weighted by Gasteiger charge is 2.34. The average molecular weight is 543 g/mol. The van der Waals surface area contributed by atoms with Crippen molar-refractivity contribution in [2.45, 2.75) is 95.4 Å². The number of alkyl halides is 1. The summed E-state index contributed by atoms with van der Waals surface area (Å²) in [5, 5.41) is 12.7. The van der Waals surface area contributed by atoms with Crippen LogP contribution in [0.15, 0.2) is 12.4 Å². The number of nitrogens with zero attached hydrogens (tertiary/aromatic N) is 6. The zero-order valence-corrected chi connectivity index (χ0v) is 23.3. The molecule has 3 fully saturated rings. The van der Waals surface area contributed by atoms with Crippen LogP contribution in [0.4, 0.5) is 21.8 Å². The molecular formula is C27H39FN8OS. The van der Waals surface area contributed by atoms with E-state index < -0.39 is 5.67 Å². The third-order valence-corrected chi connectivity index (χ3v) is 9.52. The Morgan fingerprint density at radius 1 is 1.05 bits per heavy atom. The molecule has 206 valence electrons. The number of hydrogen-bond donors (Lipinski definition) is 2. The number of aromatic nitrogens is 5. The first-order chi connectivity index (χ1) is 18.5. The largest absolute Gasteiger partial charge is 0.381 e. The number of hydrogen-bond acceptors (Lipinski definition) is 9. The molecule has 11 heteroatoms. The van der Waals surface area contributed by atoms with Gasteiger partial charge in [0.1, 0.15) is 11.2 Å². The Morgan fingerprint density at radius 3 is 2.55 bits per heavy atom. The number of ether oxygens (including phenoxy) is 1. The van der Waals surface area contributed by atoms with Crippen molar-refractivity contribution >= 4 is 39.1 Å². The Hall–Kier alpha value is -2.37. The number of aryl methyl sites for hydroxylation is 1. The molecule has 3 aliphatic rings. The van der Waals surface area contributed by atoms with Gasteiger partial charge in [-0.1, -0.05) is 18.3 Å². The molecule has 2 aliphatic heterocycles. The highest BCUT2D eigenvalue weighted by molar-refractivity contribution is 7.18. The van der Waals surface area contributed by atoms with Gasteiger partial charge in [0.25, 0.3) is 0 Å². The molecule has 2 N–H and O–H groups in total. The van der Waals surface area contributed by atoms with Gasteiger partial charge in [-0.15, -0.1) is 0 Å². The smallest absolute Gasteiger partial charge is 0.230 e. The number of nitrogens with one attached hydrogen (secondary N) is 2. The molecule has 2 saturated heterocycles. The second-order valence-electron chi connectivity index (χ2n) is 11.3. The minimum Gasteiger partial charge on any atom is -0.381 e. The second-order valence-corrected chi connectivity index (χ2v) is 12.3. The summed E-state index contributed by atoms with van der Waals surface area (Å²) in [6.45, 7) is 7.18. The molecule has 0 atom stereocenters. The van der Waals surface area contributed by atoms with Crippen LogP contribution in [-0.4, -0.2) is 73.7 Å². The monoisotopic (exact) mass is 542 g/mol. The van der Waals surface area contributed by atoms with Crippen LogP contribution in [0.3, 0.4) is 0 Å². The molecule has 0 amide bonds. The first kappa shape index (κ1) is 25.9. The summed E-state index contributed by atoms with van der Waals surface area (Å²) in [5.41, 5.74) is 0.748. The van der Waals surface area contributed by atoms with E-state index in [2.05, 4.69) is 27.6 Å². The summed E-state index contributed by atoms with van der Waals surface area (Å²) >= 11 is 1.63. The van der Waals surface area contributed by atoms with E-state index in [9.17, 15) is 4.39 Å². The van der Waals surface area contributed by atoms with E-state index in [-0.39, 0.29) is 0 Å². The molecule has 0 aromatic carbocycles. The minimum absolute atomic E-state index is 0.344.